The Bertz CT molecular complexity index is 539. The highest BCUT2D eigenvalue weighted by atomic mass is 32.2. The van der Waals surface area contributed by atoms with Crippen LogP contribution in [0.5, 0.6) is 5.75 Å². The Balaban J connectivity index is 2.06. The van der Waals surface area contributed by atoms with Gasteiger partial charge < -0.3 is 14.8 Å². The zero-order valence-corrected chi connectivity index (χ0v) is 10.4. The smallest absolute Gasteiger partial charge is 0.277 e. The van der Waals surface area contributed by atoms with Crippen molar-refractivity contribution in [3.05, 3.63) is 24.3 Å². The van der Waals surface area contributed by atoms with Crippen molar-refractivity contribution in [2.45, 2.75) is 5.22 Å². The third-order valence-corrected chi connectivity index (χ3v) is 2.94. The predicted molar refractivity (Wildman–Crippen MR) is 66.2 cm³/mol. The number of phenolic OH excluding ortho intramolecular Hbond substituents is 1. The van der Waals surface area contributed by atoms with Crippen LogP contribution in [0.25, 0.3) is 11.5 Å². The van der Waals surface area contributed by atoms with Crippen molar-refractivity contribution < 1.29 is 14.3 Å². The van der Waals surface area contributed by atoms with Crippen LogP contribution in [0, 0.1) is 0 Å². The molecule has 1 heterocycles. The van der Waals surface area contributed by atoms with E-state index in [2.05, 4.69) is 15.5 Å². The van der Waals surface area contributed by atoms with Gasteiger partial charge in [-0.2, -0.15) is 0 Å². The molecule has 2 rings (SSSR count). The van der Waals surface area contributed by atoms with Gasteiger partial charge in [0.15, 0.2) is 0 Å². The standard InChI is InChI=1S/C11H11N3O3S/c1-12-9(16)6-18-11-14-13-10(17-11)7-2-4-8(15)5-3-7/h2-5,15H,6H2,1H3,(H,12,16). The minimum Gasteiger partial charge on any atom is -0.508 e. The van der Waals surface area contributed by atoms with Gasteiger partial charge in [-0.15, -0.1) is 10.2 Å². The molecule has 0 saturated heterocycles. The van der Waals surface area contributed by atoms with E-state index in [1.165, 1.54) is 23.9 Å². The number of amides is 1. The fraction of sp³-hybridized carbons (Fsp3) is 0.182. The highest BCUT2D eigenvalue weighted by Gasteiger charge is 2.10. The monoisotopic (exact) mass is 265 g/mol. The maximum atomic E-state index is 11.0. The largest absolute Gasteiger partial charge is 0.508 e. The molecule has 0 aliphatic carbocycles. The Morgan fingerprint density at radius 1 is 1.39 bits per heavy atom. The van der Waals surface area contributed by atoms with Gasteiger partial charge in [-0.1, -0.05) is 11.8 Å². The number of carbonyl (C=O) groups excluding carboxylic acids is 1. The van der Waals surface area contributed by atoms with Crippen molar-refractivity contribution >= 4 is 17.7 Å². The molecule has 2 N–H and O–H groups in total. The molecule has 18 heavy (non-hydrogen) atoms. The maximum Gasteiger partial charge on any atom is 0.277 e. The van der Waals surface area contributed by atoms with Gasteiger partial charge in [0.2, 0.25) is 11.8 Å². The van der Waals surface area contributed by atoms with Gasteiger partial charge >= 0.3 is 0 Å². The van der Waals surface area contributed by atoms with Gasteiger partial charge in [0.05, 0.1) is 5.75 Å². The topological polar surface area (TPSA) is 88.2 Å². The summed E-state index contributed by atoms with van der Waals surface area (Å²) in [4.78, 5) is 11.0. The molecule has 6 nitrogen and oxygen atoms in total. The Kier molecular flexibility index (Phi) is 3.83. The molecule has 0 unspecified atom stereocenters. The summed E-state index contributed by atoms with van der Waals surface area (Å²) in [6.45, 7) is 0. The number of rotatable bonds is 4. The molecule has 0 fully saturated rings. The lowest BCUT2D eigenvalue weighted by molar-refractivity contribution is -0.118. The molecule has 1 aromatic heterocycles. The van der Waals surface area contributed by atoms with Gasteiger partial charge in [-0.3, -0.25) is 4.79 Å². The van der Waals surface area contributed by atoms with Crippen molar-refractivity contribution in [1.82, 2.24) is 15.5 Å². The number of aromatic nitrogens is 2. The number of hydrogen-bond donors (Lipinski definition) is 2. The van der Waals surface area contributed by atoms with Gasteiger partial charge in [0, 0.05) is 12.6 Å². The molecular weight excluding hydrogens is 254 g/mol. The van der Waals surface area contributed by atoms with Crippen molar-refractivity contribution in [1.29, 1.82) is 0 Å². The fourth-order valence-corrected chi connectivity index (χ4v) is 1.82. The number of aromatic hydroxyl groups is 1. The second kappa shape index (κ2) is 5.54. The summed E-state index contributed by atoms with van der Waals surface area (Å²) in [5, 5.41) is 19.7. The number of nitrogens with one attached hydrogen (secondary N) is 1. The van der Waals surface area contributed by atoms with Crippen LogP contribution in [0.4, 0.5) is 0 Å². The van der Waals surface area contributed by atoms with Gasteiger partial charge in [-0.25, -0.2) is 0 Å². The van der Waals surface area contributed by atoms with Crippen LogP contribution in [-0.2, 0) is 4.79 Å². The lowest BCUT2D eigenvalue weighted by Gasteiger charge is -1.95. The first-order chi connectivity index (χ1) is 8.69. The van der Waals surface area contributed by atoms with Gasteiger partial charge in [0.25, 0.3) is 5.22 Å². The molecule has 0 bridgehead atoms. The van der Waals surface area contributed by atoms with E-state index < -0.39 is 0 Å². The summed E-state index contributed by atoms with van der Waals surface area (Å²) < 4.78 is 5.38. The average Bonchev–Trinajstić information content (AvgIpc) is 2.85. The molecule has 1 aromatic carbocycles. The van der Waals surface area contributed by atoms with Crippen LogP contribution in [0.15, 0.2) is 33.9 Å². The van der Waals surface area contributed by atoms with Crippen LogP contribution in [0.1, 0.15) is 0 Å². The van der Waals surface area contributed by atoms with E-state index in [0.29, 0.717) is 16.7 Å². The molecule has 0 saturated carbocycles. The molecular formula is C11H11N3O3S. The lowest BCUT2D eigenvalue weighted by Crippen LogP contribution is -2.19. The van der Waals surface area contributed by atoms with Crippen molar-refractivity contribution in [3.63, 3.8) is 0 Å². The number of benzene rings is 1. The van der Waals surface area contributed by atoms with Gasteiger partial charge in [0.1, 0.15) is 5.75 Å². The van der Waals surface area contributed by atoms with Gasteiger partial charge in [-0.05, 0) is 24.3 Å². The quantitative estimate of drug-likeness (QED) is 0.810. The highest BCUT2D eigenvalue weighted by Crippen LogP contribution is 2.24. The SMILES string of the molecule is CNC(=O)CSc1nnc(-c2ccc(O)cc2)o1. The molecule has 2 aromatic rings. The predicted octanol–water partition coefficient (Wildman–Crippen LogP) is 1.28. The van der Waals surface area contributed by atoms with Crippen LogP contribution < -0.4 is 5.32 Å². The average molecular weight is 265 g/mol. The van der Waals surface area contributed by atoms with E-state index in [1.807, 2.05) is 0 Å². The Hall–Kier alpha value is -2.02. The summed E-state index contributed by atoms with van der Waals surface area (Å²) >= 11 is 1.17. The molecule has 94 valence electrons. The van der Waals surface area contributed by atoms with Crippen molar-refractivity contribution in [2.75, 3.05) is 12.8 Å². The molecule has 0 radical (unpaired) electrons. The number of nitrogens with zero attached hydrogens (tertiary/aromatic N) is 2. The first-order valence-corrected chi connectivity index (χ1v) is 6.14. The minimum atomic E-state index is -0.107. The van der Waals surface area contributed by atoms with Crippen LogP contribution in [0.3, 0.4) is 0 Å². The Labute approximate surface area is 107 Å². The van der Waals surface area contributed by atoms with E-state index in [-0.39, 0.29) is 17.4 Å². The number of carbonyl (C=O) groups is 1. The minimum absolute atomic E-state index is 0.107. The summed E-state index contributed by atoms with van der Waals surface area (Å²) in [5.41, 5.74) is 0.715. The molecule has 0 atom stereocenters. The summed E-state index contributed by atoms with van der Waals surface area (Å²) in [5.74, 6) is 0.652. The summed E-state index contributed by atoms with van der Waals surface area (Å²) in [7, 11) is 1.57. The summed E-state index contributed by atoms with van der Waals surface area (Å²) in [6.07, 6.45) is 0. The second-order valence-electron chi connectivity index (χ2n) is 3.38. The zero-order chi connectivity index (χ0) is 13.0. The second-order valence-corrected chi connectivity index (χ2v) is 4.31. The van der Waals surface area contributed by atoms with E-state index in [4.69, 9.17) is 9.52 Å². The third-order valence-electron chi connectivity index (χ3n) is 2.13. The number of thioether (sulfide) groups is 1. The zero-order valence-electron chi connectivity index (χ0n) is 9.58. The molecule has 1 amide bonds. The van der Waals surface area contributed by atoms with Crippen molar-refractivity contribution in [3.8, 4) is 17.2 Å². The van der Waals surface area contributed by atoms with Crippen molar-refractivity contribution in [2.24, 2.45) is 0 Å². The highest BCUT2D eigenvalue weighted by molar-refractivity contribution is 7.99. The Morgan fingerprint density at radius 2 is 2.11 bits per heavy atom. The summed E-state index contributed by atoms with van der Waals surface area (Å²) in [6, 6.07) is 6.43. The third kappa shape index (κ3) is 3.01. The number of hydrogen-bond acceptors (Lipinski definition) is 6. The first kappa shape index (κ1) is 12.4. The van der Waals surface area contributed by atoms with Crippen LogP contribution >= 0.6 is 11.8 Å². The molecule has 7 heteroatoms. The van der Waals surface area contributed by atoms with E-state index in [1.54, 1.807) is 19.2 Å². The Morgan fingerprint density at radius 3 is 2.78 bits per heavy atom. The van der Waals surface area contributed by atoms with E-state index >= 15 is 0 Å². The number of phenols is 1. The fourth-order valence-electron chi connectivity index (χ4n) is 1.19. The van der Waals surface area contributed by atoms with E-state index in [9.17, 15) is 4.79 Å². The normalized spacial score (nSPS) is 10.3. The maximum absolute atomic E-state index is 11.0. The van der Waals surface area contributed by atoms with Crippen LogP contribution in [0.2, 0.25) is 0 Å². The molecule has 0 aliphatic rings. The lowest BCUT2D eigenvalue weighted by atomic mass is 10.2. The van der Waals surface area contributed by atoms with E-state index in [0.717, 1.165) is 0 Å². The van der Waals surface area contributed by atoms with Crippen LogP contribution in [-0.4, -0.2) is 34.0 Å². The molecule has 0 spiro atoms. The first-order valence-electron chi connectivity index (χ1n) is 5.15. The molecule has 0 aliphatic heterocycles.